The molecule has 0 N–H and O–H groups in total. The summed E-state index contributed by atoms with van der Waals surface area (Å²) in [5.41, 5.74) is 2.89. The highest BCUT2D eigenvalue weighted by Gasteiger charge is 2.29. The second kappa shape index (κ2) is 2.51. The number of hydrogen-bond acceptors (Lipinski definition) is 1. The third-order valence-electron chi connectivity index (χ3n) is 3.14. The second-order valence-electron chi connectivity index (χ2n) is 3.70. The fraction of sp³-hybridized carbons (Fsp3) is 0.455. The van der Waals surface area contributed by atoms with Crippen LogP contribution in [-0.2, 0) is 0 Å². The summed E-state index contributed by atoms with van der Waals surface area (Å²) in [6.45, 7) is 4.58. The summed E-state index contributed by atoms with van der Waals surface area (Å²) in [4.78, 5) is 2.36. The van der Waals surface area contributed by atoms with Crippen molar-refractivity contribution in [3.8, 4) is 0 Å². The zero-order chi connectivity index (χ0) is 8.72. The van der Waals surface area contributed by atoms with E-state index in [0.29, 0.717) is 12.0 Å². The van der Waals surface area contributed by atoms with Crippen LogP contribution < -0.4 is 4.90 Å². The lowest BCUT2D eigenvalue weighted by molar-refractivity contribution is 0.626. The van der Waals surface area contributed by atoms with Gasteiger partial charge >= 0.3 is 0 Å². The van der Waals surface area contributed by atoms with Gasteiger partial charge in [0, 0.05) is 24.7 Å². The number of fused-ring (bicyclic) bond motifs is 1. The van der Waals surface area contributed by atoms with Crippen LogP contribution >= 0.6 is 0 Å². The van der Waals surface area contributed by atoms with Crippen molar-refractivity contribution >= 4 is 5.69 Å². The first kappa shape index (κ1) is 7.66. The smallest absolute Gasteiger partial charge is 0.0402 e. The Balaban J connectivity index is 2.52. The van der Waals surface area contributed by atoms with Crippen LogP contribution in [0.1, 0.15) is 25.3 Å². The van der Waals surface area contributed by atoms with Crippen LogP contribution in [0.5, 0.6) is 0 Å². The van der Waals surface area contributed by atoms with Crippen LogP contribution in [0.3, 0.4) is 0 Å². The van der Waals surface area contributed by atoms with Gasteiger partial charge in [0.05, 0.1) is 0 Å². The maximum Gasteiger partial charge on any atom is 0.0402 e. The van der Waals surface area contributed by atoms with E-state index in [2.05, 4.69) is 50.1 Å². The third kappa shape index (κ3) is 0.857. The molecule has 12 heavy (non-hydrogen) atoms. The largest absolute Gasteiger partial charge is 0.371 e. The van der Waals surface area contributed by atoms with Crippen LogP contribution in [0.15, 0.2) is 24.3 Å². The van der Waals surface area contributed by atoms with Gasteiger partial charge in [0.15, 0.2) is 0 Å². The molecule has 0 saturated carbocycles. The Labute approximate surface area is 74.0 Å². The average molecular weight is 161 g/mol. The van der Waals surface area contributed by atoms with Crippen molar-refractivity contribution < 1.29 is 0 Å². The topological polar surface area (TPSA) is 3.24 Å². The highest BCUT2D eigenvalue weighted by atomic mass is 15.2. The van der Waals surface area contributed by atoms with Crippen molar-refractivity contribution in [1.29, 1.82) is 0 Å². The standard InChI is InChI=1S/C11H15N/c1-8-9(2)12(3)11-7-5-4-6-10(8)11/h4-9H,1-3H3/t8-,9+/m1/s1. The van der Waals surface area contributed by atoms with E-state index >= 15 is 0 Å². The SMILES string of the molecule is C[C@H]1c2ccccc2N(C)[C@H]1C. The van der Waals surface area contributed by atoms with Gasteiger partial charge in [0.2, 0.25) is 0 Å². The first-order valence-corrected chi connectivity index (χ1v) is 4.53. The second-order valence-corrected chi connectivity index (χ2v) is 3.70. The lowest BCUT2D eigenvalue weighted by Gasteiger charge is -2.20. The predicted molar refractivity (Wildman–Crippen MR) is 52.7 cm³/mol. The molecule has 0 amide bonds. The molecule has 1 aliphatic heterocycles. The Hall–Kier alpha value is -0.980. The van der Waals surface area contributed by atoms with E-state index in [1.807, 2.05) is 0 Å². The Bertz CT molecular complexity index is 264. The molecule has 0 bridgehead atoms. The summed E-state index contributed by atoms with van der Waals surface area (Å²) in [5.74, 6) is 0.672. The molecule has 0 spiro atoms. The maximum atomic E-state index is 2.36. The summed E-state index contributed by atoms with van der Waals surface area (Å²) in [7, 11) is 2.17. The molecular formula is C11H15N. The zero-order valence-electron chi connectivity index (χ0n) is 7.91. The number of nitrogens with zero attached hydrogens (tertiary/aromatic N) is 1. The quantitative estimate of drug-likeness (QED) is 0.565. The molecule has 1 aromatic rings. The van der Waals surface area contributed by atoms with Gasteiger partial charge in [-0.25, -0.2) is 0 Å². The summed E-state index contributed by atoms with van der Waals surface area (Å²) in [6.07, 6.45) is 0. The Morgan fingerprint density at radius 3 is 2.50 bits per heavy atom. The highest BCUT2D eigenvalue weighted by Crippen LogP contribution is 2.38. The summed E-state index contributed by atoms with van der Waals surface area (Å²) in [6, 6.07) is 9.32. The van der Waals surface area contributed by atoms with Crippen molar-refractivity contribution in [1.82, 2.24) is 0 Å². The molecule has 64 valence electrons. The van der Waals surface area contributed by atoms with Crippen molar-refractivity contribution in [3.05, 3.63) is 29.8 Å². The molecule has 1 heterocycles. The van der Waals surface area contributed by atoms with Crippen molar-refractivity contribution in [2.24, 2.45) is 0 Å². The highest BCUT2D eigenvalue weighted by molar-refractivity contribution is 5.60. The van der Waals surface area contributed by atoms with Crippen LogP contribution in [0.25, 0.3) is 0 Å². The number of benzene rings is 1. The van der Waals surface area contributed by atoms with Crippen LogP contribution in [0.2, 0.25) is 0 Å². The van der Waals surface area contributed by atoms with Gasteiger partial charge in [-0.1, -0.05) is 25.1 Å². The minimum Gasteiger partial charge on any atom is -0.371 e. The van der Waals surface area contributed by atoms with Gasteiger partial charge in [-0.15, -0.1) is 0 Å². The van der Waals surface area contributed by atoms with Crippen molar-refractivity contribution in [2.75, 3.05) is 11.9 Å². The molecule has 2 atom stereocenters. The van der Waals surface area contributed by atoms with Gasteiger partial charge in [-0.05, 0) is 18.6 Å². The van der Waals surface area contributed by atoms with Crippen molar-refractivity contribution in [2.45, 2.75) is 25.8 Å². The van der Waals surface area contributed by atoms with Crippen molar-refractivity contribution in [3.63, 3.8) is 0 Å². The molecule has 0 fully saturated rings. The first-order valence-electron chi connectivity index (χ1n) is 4.53. The van der Waals surface area contributed by atoms with Gasteiger partial charge in [0.25, 0.3) is 0 Å². The number of likely N-dealkylation sites (N-methyl/N-ethyl adjacent to an activating group) is 1. The average Bonchev–Trinajstić information content (AvgIpc) is 2.33. The van der Waals surface area contributed by atoms with Gasteiger partial charge in [-0.3, -0.25) is 0 Å². The lowest BCUT2D eigenvalue weighted by atomic mass is 9.99. The van der Waals surface area contributed by atoms with E-state index in [9.17, 15) is 0 Å². The predicted octanol–water partition coefficient (Wildman–Crippen LogP) is 2.63. The minimum absolute atomic E-state index is 0.641. The van der Waals surface area contributed by atoms with E-state index < -0.39 is 0 Å². The van der Waals surface area contributed by atoms with Gasteiger partial charge in [0.1, 0.15) is 0 Å². The number of rotatable bonds is 0. The lowest BCUT2D eigenvalue weighted by Crippen LogP contribution is -2.25. The number of anilines is 1. The Morgan fingerprint density at radius 2 is 1.83 bits per heavy atom. The monoisotopic (exact) mass is 161 g/mol. The van der Waals surface area contributed by atoms with E-state index in [1.165, 1.54) is 11.3 Å². The third-order valence-corrected chi connectivity index (χ3v) is 3.14. The molecule has 0 saturated heterocycles. The Kier molecular flexibility index (Phi) is 1.60. The van der Waals surface area contributed by atoms with E-state index in [1.54, 1.807) is 0 Å². The molecule has 1 aliphatic rings. The fourth-order valence-corrected chi connectivity index (χ4v) is 2.01. The summed E-state index contributed by atoms with van der Waals surface area (Å²) in [5, 5.41) is 0. The summed E-state index contributed by atoms with van der Waals surface area (Å²) < 4.78 is 0. The molecule has 1 aromatic carbocycles. The number of para-hydroxylation sites is 1. The molecule has 0 unspecified atom stereocenters. The maximum absolute atomic E-state index is 2.36. The van der Waals surface area contributed by atoms with Crippen LogP contribution in [0.4, 0.5) is 5.69 Å². The van der Waals surface area contributed by atoms with E-state index in [4.69, 9.17) is 0 Å². The normalized spacial score (nSPS) is 27.4. The van der Waals surface area contributed by atoms with Gasteiger partial charge < -0.3 is 4.90 Å². The molecule has 0 aromatic heterocycles. The van der Waals surface area contributed by atoms with E-state index in [-0.39, 0.29) is 0 Å². The molecule has 2 rings (SSSR count). The molecular weight excluding hydrogens is 146 g/mol. The zero-order valence-corrected chi connectivity index (χ0v) is 7.91. The Morgan fingerprint density at radius 1 is 1.17 bits per heavy atom. The minimum atomic E-state index is 0.641. The van der Waals surface area contributed by atoms with Crippen LogP contribution in [-0.4, -0.2) is 13.1 Å². The molecule has 1 heteroatoms. The van der Waals surface area contributed by atoms with Crippen LogP contribution in [0, 0.1) is 0 Å². The first-order chi connectivity index (χ1) is 5.72. The molecule has 0 aliphatic carbocycles. The molecule has 1 nitrogen and oxygen atoms in total. The number of hydrogen-bond donors (Lipinski definition) is 0. The van der Waals surface area contributed by atoms with Gasteiger partial charge in [-0.2, -0.15) is 0 Å². The molecule has 0 radical (unpaired) electrons. The van der Waals surface area contributed by atoms with E-state index in [0.717, 1.165) is 0 Å². The summed E-state index contributed by atoms with van der Waals surface area (Å²) >= 11 is 0. The fourth-order valence-electron chi connectivity index (χ4n) is 2.01.